The van der Waals surface area contributed by atoms with E-state index >= 15 is 0 Å². The van der Waals surface area contributed by atoms with Crippen LogP contribution in [0.15, 0.2) is 57.4 Å². The van der Waals surface area contributed by atoms with Gasteiger partial charge in [0.25, 0.3) is 11.8 Å². The van der Waals surface area contributed by atoms with Gasteiger partial charge in [0.2, 0.25) is 5.56 Å². The van der Waals surface area contributed by atoms with Crippen molar-refractivity contribution < 1.29 is 19.1 Å². The number of amides is 2. The summed E-state index contributed by atoms with van der Waals surface area (Å²) in [5.41, 5.74) is 2.67. The number of aliphatic imine (C=N–C) groups is 1. The first-order valence-electron chi connectivity index (χ1n) is 10.9. The second kappa shape index (κ2) is 12.7. The Morgan fingerprint density at radius 1 is 1.14 bits per heavy atom. The Morgan fingerprint density at radius 2 is 1.94 bits per heavy atom. The average Bonchev–Trinajstić information content (AvgIpc) is 2.88. The predicted molar refractivity (Wildman–Crippen MR) is 140 cm³/mol. The third-order valence-electron chi connectivity index (χ3n) is 5.13. The summed E-state index contributed by atoms with van der Waals surface area (Å²) in [6.45, 7) is 6.19. The second-order valence-corrected chi connectivity index (χ2v) is 8.55. The molecule has 0 fully saturated rings. The molecule has 0 saturated carbocycles. The number of ether oxygens (including phenoxy) is 2. The molecule has 0 spiro atoms. The van der Waals surface area contributed by atoms with Gasteiger partial charge in [0.15, 0.2) is 0 Å². The van der Waals surface area contributed by atoms with Gasteiger partial charge in [-0.3, -0.25) is 24.4 Å². The lowest BCUT2D eigenvalue weighted by Gasteiger charge is -2.14. The number of pyridine rings is 2. The van der Waals surface area contributed by atoms with Crippen molar-refractivity contribution in [3.63, 3.8) is 0 Å². The van der Waals surface area contributed by atoms with Crippen LogP contribution in [0.2, 0.25) is 0 Å². The van der Waals surface area contributed by atoms with Crippen LogP contribution in [0.4, 0.5) is 5.69 Å². The van der Waals surface area contributed by atoms with Crippen LogP contribution in [0.25, 0.3) is 11.1 Å². The number of nitrogens with one attached hydrogen (secondary N) is 3. The first-order chi connectivity index (χ1) is 17.4. The molecule has 0 saturated heterocycles. The van der Waals surface area contributed by atoms with Crippen LogP contribution in [-0.2, 0) is 4.74 Å². The normalized spacial score (nSPS) is 10.5. The summed E-state index contributed by atoms with van der Waals surface area (Å²) in [6, 6.07) is 8.19. The highest BCUT2D eigenvalue weighted by atomic mass is 32.2. The lowest BCUT2D eigenvalue weighted by Crippen LogP contribution is -2.26. The number of hydrogen-bond acceptors (Lipinski definition) is 8. The smallest absolute Gasteiger partial charge is 0.254 e. The third kappa shape index (κ3) is 6.58. The maximum atomic E-state index is 13.1. The highest BCUT2D eigenvalue weighted by Gasteiger charge is 2.18. The zero-order valence-electron chi connectivity index (χ0n) is 20.2. The second-order valence-electron chi connectivity index (χ2n) is 7.53. The van der Waals surface area contributed by atoms with E-state index in [0.29, 0.717) is 52.5 Å². The zero-order valence-corrected chi connectivity index (χ0v) is 21.0. The Hall–Kier alpha value is -3.96. The number of carbonyl (C=O) groups is 2. The maximum Gasteiger partial charge on any atom is 0.254 e. The van der Waals surface area contributed by atoms with Gasteiger partial charge in [-0.05, 0) is 37.9 Å². The Morgan fingerprint density at radius 3 is 2.67 bits per heavy atom. The minimum absolute atomic E-state index is 0.223. The molecule has 188 valence electrons. The molecule has 0 bridgehead atoms. The topological polar surface area (TPSA) is 135 Å². The van der Waals surface area contributed by atoms with Crippen molar-refractivity contribution in [2.75, 3.05) is 33.2 Å². The Kier molecular flexibility index (Phi) is 9.37. The van der Waals surface area contributed by atoms with Gasteiger partial charge in [-0.2, -0.15) is 0 Å². The van der Waals surface area contributed by atoms with Gasteiger partial charge < -0.3 is 25.1 Å². The number of H-pyrrole nitrogens is 1. The Labute approximate surface area is 212 Å². The van der Waals surface area contributed by atoms with E-state index in [4.69, 9.17) is 9.47 Å². The number of thioether (sulfide) groups is 1. The van der Waals surface area contributed by atoms with Gasteiger partial charge in [0.05, 0.1) is 30.8 Å². The number of aryl methyl sites for hydroxylation is 1. The van der Waals surface area contributed by atoms with E-state index in [1.807, 2.05) is 0 Å². The quantitative estimate of drug-likeness (QED) is 0.157. The molecule has 0 aliphatic carbocycles. The third-order valence-corrected chi connectivity index (χ3v) is 6.07. The molecule has 3 N–H and O–H groups in total. The molecule has 2 aromatic heterocycles. The van der Waals surface area contributed by atoms with Gasteiger partial charge in [0, 0.05) is 59.4 Å². The van der Waals surface area contributed by atoms with Crippen LogP contribution in [0, 0.1) is 6.92 Å². The SMILES string of the molecule is C=Nc1cc(C(=O)NCCOC)ccc1SCNC(=O)c1cnc(C)cc1-c1cc(=O)[nH]cc1OC. The van der Waals surface area contributed by atoms with Gasteiger partial charge in [-0.15, -0.1) is 11.8 Å². The summed E-state index contributed by atoms with van der Waals surface area (Å²) in [5.74, 6) is 0.0447. The van der Waals surface area contributed by atoms with Crippen LogP contribution in [0.5, 0.6) is 5.75 Å². The zero-order chi connectivity index (χ0) is 26.1. The van der Waals surface area contributed by atoms with Crippen LogP contribution < -0.4 is 20.9 Å². The largest absolute Gasteiger partial charge is 0.495 e. The molecular weight excluding hydrogens is 482 g/mol. The van der Waals surface area contributed by atoms with Crippen LogP contribution in [0.3, 0.4) is 0 Å². The molecule has 2 heterocycles. The molecule has 11 heteroatoms. The first kappa shape index (κ1) is 26.6. The molecule has 1 aromatic carbocycles. The summed E-state index contributed by atoms with van der Waals surface area (Å²) in [6.07, 6.45) is 2.93. The number of nitrogens with zero attached hydrogens (tertiary/aromatic N) is 2. The van der Waals surface area contributed by atoms with Crippen molar-refractivity contribution in [1.82, 2.24) is 20.6 Å². The minimum Gasteiger partial charge on any atom is -0.495 e. The fourth-order valence-electron chi connectivity index (χ4n) is 3.35. The number of rotatable bonds is 11. The van der Waals surface area contributed by atoms with E-state index in [-0.39, 0.29) is 23.3 Å². The van der Waals surface area contributed by atoms with E-state index in [9.17, 15) is 14.4 Å². The molecule has 36 heavy (non-hydrogen) atoms. The molecule has 2 amide bonds. The van der Waals surface area contributed by atoms with E-state index in [0.717, 1.165) is 4.90 Å². The molecule has 10 nitrogen and oxygen atoms in total. The van der Waals surface area contributed by atoms with Crippen molar-refractivity contribution in [2.45, 2.75) is 11.8 Å². The summed E-state index contributed by atoms with van der Waals surface area (Å²) < 4.78 is 10.3. The first-order valence-corrected chi connectivity index (χ1v) is 11.9. The number of carbonyl (C=O) groups excluding carboxylic acids is 2. The summed E-state index contributed by atoms with van der Waals surface area (Å²) in [4.78, 5) is 48.8. The fraction of sp³-hybridized carbons (Fsp3) is 0.240. The summed E-state index contributed by atoms with van der Waals surface area (Å²) in [7, 11) is 3.05. The standard InChI is InChI=1S/C25H27N5O5S/c1-15-9-17(18-11-23(31)29-13-21(18)35-4)19(12-28-15)25(33)30-14-36-22-6-5-16(10-20(22)26-2)24(32)27-7-8-34-3/h5-6,9-13H,2,7-8,14H2,1,3-4H3,(H,27,32)(H,29,31)(H,30,33). The van der Waals surface area contributed by atoms with Gasteiger partial charge >= 0.3 is 0 Å². The Balaban J connectivity index is 1.74. The minimum atomic E-state index is -0.366. The summed E-state index contributed by atoms with van der Waals surface area (Å²) in [5, 5.41) is 5.61. The lowest BCUT2D eigenvalue weighted by molar-refractivity contribution is 0.0935. The van der Waals surface area contributed by atoms with Crippen LogP contribution in [-0.4, -0.2) is 61.7 Å². The number of hydrogen-bond donors (Lipinski definition) is 3. The molecule has 0 aliphatic heterocycles. The molecule has 3 aromatic rings. The molecule has 0 atom stereocenters. The van der Waals surface area contributed by atoms with E-state index < -0.39 is 0 Å². The average molecular weight is 510 g/mol. The van der Waals surface area contributed by atoms with Crippen molar-refractivity contribution in [3.8, 4) is 16.9 Å². The summed E-state index contributed by atoms with van der Waals surface area (Å²) >= 11 is 1.33. The van der Waals surface area contributed by atoms with E-state index in [1.54, 1.807) is 38.3 Å². The molecule has 0 aliphatic rings. The highest BCUT2D eigenvalue weighted by molar-refractivity contribution is 7.99. The lowest BCUT2D eigenvalue weighted by atomic mass is 10.0. The maximum absolute atomic E-state index is 13.1. The molecule has 0 unspecified atom stereocenters. The molecule has 3 rings (SSSR count). The number of aromatic nitrogens is 2. The fourth-order valence-corrected chi connectivity index (χ4v) is 4.14. The van der Waals surface area contributed by atoms with Gasteiger partial charge in [-0.1, -0.05) is 0 Å². The van der Waals surface area contributed by atoms with Crippen molar-refractivity contribution >= 4 is 36.0 Å². The van der Waals surface area contributed by atoms with Crippen LogP contribution in [0.1, 0.15) is 26.4 Å². The van der Waals surface area contributed by atoms with E-state index in [2.05, 4.69) is 32.3 Å². The number of methoxy groups -OCH3 is 2. The van der Waals surface area contributed by atoms with Crippen LogP contribution >= 0.6 is 11.8 Å². The molecule has 0 radical (unpaired) electrons. The monoisotopic (exact) mass is 509 g/mol. The van der Waals surface area contributed by atoms with Crippen molar-refractivity contribution in [2.24, 2.45) is 4.99 Å². The van der Waals surface area contributed by atoms with Crippen molar-refractivity contribution in [3.05, 3.63) is 69.9 Å². The number of aromatic amines is 1. The van der Waals surface area contributed by atoms with E-state index in [1.165, 1.54) is 37.3 Å². The Bertz CT molecular complexity index is 1320. The predicted octanol–water partition coefficient (Wildman–Crippen LogP) is 2.94. The van der Waals surface area contributed by atoms with Crippen molar-refractivity contribution in [1.29, 1.82) is 0 Å². The molecular formula is C25H27N5O5S. The van der Waals surface area contributed by atoms with Gasteiger partial charge in [-0.25, -0.2) is 0 Å². The van der Waals surface area contributed by atoms with Gasteiger partial charge in [0.1, 0.15) is 5.75 Å². The highest BCUT2D eigenvalue weighted by Crippen LogP contribution is 2.32. The number of benzene rings is 1.